The Kier molecular flexibility index (Phi) is 42.9. The van der Waals surface area contributed by atoms with Crippen LogP contribution in [0.3, 0.4) is 0 Å². The maximum atomic E-state index is 12.2. The molecule has 5 heteroatoms. The van der Waals surface area contributed by atoms with Gasteiger partial charge in [0.05, 0.1) is 6.61 Å². The van der Waals surface area contributed by atoms with E-state index in [1.807, 2.05) is 0 Å². The van der Waals surface area contributed by atoms with Crippen LogP contribution in [0.1, 0.15) is 258 Å². The minimum Gasteiger partial charge on any atom is -0.462 e. The Morgan fingerprint density at radius 3 is 1.04 bits per heavy atom. The summed E-state index contributed by atoms with van der Waals surface area (Å²) in [7, 11) is 0. The predicted octanol–water partition coefficient (Wildman–Crippen LogP) is 14.9. The fourth-order valence-electron chi connectivity index (χ4n) is 7.02. The molecular formula is C47H90O5. The van der Waals surface area contributed by atoms with E-state index < -0.39 is 6.10 Å². The highest BCUT2D eigenvalue weighted by Crippen LogP contribution is 2.16. The van der Waals surface area contributed by atoms with Crippen molar-refractivity contribution in [2.75, 3.05) is 13.2 Å². The zero-order chi connectivity index (χ0) is 37.8. The van der Waals surface area contributed by atoms with Gasteiger partial charge in [-0.15, -0.1) is 0 Å². The van der Waals surface area contributed by atoms with Crippen LogP contribution in [-0.4, -0.2) is 36.4 Å². The summed E-state index contributed by atoms with van der Waals surface area (Å²) in [5.74, 6) is -0.585. The van der Waals surface area contributed by atoms with Gasteiger partial charge in [-0.25, -0.2) is 0 Å². The molecule has 308 valence electrons. The van der Waals surface area contributed by atoms with Crippen LogP contribution in [0.25, 0.3) is 0 Å². The van der Waals surface area contributed by atoms with Crippen LogP contribution in [0.4, 0.5) is 0 Å². The summed E-state index contributed by atoms with van der Waals surface area (Å²) in [6.45, 7) is 4.16. The summed E-state index contributed by atoms with van der Waals surface area (Å²) >= 11 is 0. The zero-order valence-electron chi connectivity index (χ0n) is 35.1. The van der Waals surface area contributed by atoms with Gasteiger partial charge in [-0.1, -0.05) is 219 Å². The predicted molar refractivity (Wildman–Crippen MR) is 224 cm³/mol. The SMILES string of the molecule is CCCCCCCCC/C=C\CCCCCCCC(=O)OC(CO)COC(=O)CCCCCCCCCCCCCCCCCCCCCCCC. The van der Waals surface area contributed by atoms with Gasteiger partial charge in [0.15, 0.2) is 6.10 Å². The van der Waals surface area contributed by atoms with Gasteiger partial charge in [0.1, 0.15) is 6.61 Å². The number of allylic oxidation sites excluding steroid dienone is 2. The highest BCUT2D eigenvalue weighted by molar-refractivity contribution is 5.70. The molecule has 0 aromatic heterocycles. The molecule has 1 unspecified atom stereocenters. The highest BCUT2D eigenvalue weighted by atomic mass is 16.6. The van der Waals surface area contributed by atoms with Crippen molar-refractivity contribution in [1.29, 1.82) is 0 Å². The first-order valence-electron chi connectivity index (χ1n) is 23.2. The molecule has 52 heavy (non-hydrogen) atoms. The summed E-state index contributed by atoms with van der Waals surface area (Å²) in [6, 6.07) is 0. The van der Waals surface area contributed by atoms with Gasteiger partial charge in [0, 0.05) is 12.8 Å². The first kappa shape index (κ1) is 50.6. The number of carbonyl (C=O) groups is 2. The number of ether oxygens (including phenoxy) is 2. The van der Waals surface area contributed by atoms with E-state index in [4.69, 9.17) is 9.47 Å². The van der Waals surface area contributed by atoms with E-state index in [0.29, 0.717) is 12.8 Å². The lowest BCUT2D eigenvalue weighted by atomic mass is 10.0. The number of hydrogen-bond donors (Lipinski definition) is 1. The van der Waals surface area contributed by atoms with Crippen LogP contribution < -0.4 is 0 Å². The Hall–Kier alpha value is -1.36. The lowest BCUT2D eigenvalue weighted by Crippen LogP contribution is -2.28. The van der Waals surface area contributed by atoms with Crippen LogP contribution in [0, 0.1) is 0 Å². The van der Waals surface area contributed by atoms with Gasteiger partial charge in [0.25, 0.3) is 0 Å². The van der Waals surface area contributed by atoms with E-state index in [-0.39, 0.29) is 25.2 Å². The summed E-state index contributed by atoms with van der Waals surface area (Å²) in [5.41, 5.74) is 0. The summed E-state index contributed by atoms with van der Waals surface area (Å²) < 4.78 is 10.6. The fraction of sp³-hybridized carbons (Fsp3) is 0.915. The van der Waals surface area contributed by atoms with Crippen molar-refractivity contribution in [2.45, 2.75) is 264 Å². The van der Waals surface area contributed by atoms with Crippen molar-refractivity contribution >= 4 is 11.9 Å². The molecular weight excluding hydrogens is 645 g/mol. The Morgan fingerprint density at radius 1 is 0.423 bits per heavy atom. The van der Waals surface area contributed by atoms with E-state index in [9.17, 15) is 14.7 Å². The largest absolute Gasteiger partial charge is 0.462 e. The average molecular weight is 735 g/mol. The van der Waals surface area contributed by atoms with Crippen molar-refractivity contribution in [3.8, 4) is 0 Å². The fourth-order valence-corrected chi connectivity index (χ4v) is 7.02. The lowest BCUT2D eigenvalue weighted by Gasteiger charge is -2.15. The molecule has 0 bridgehead atoms. The number of rotatable bonds is 43. The van der Waals surface area contributed by atoms with Crippen molar-refractivity contribution < 1.29 is 24.2 Å². The number of unbranched alkanes of at least 4 members (excludes halogenated alkanes) is 33. The first-order chi connectivity index (χ1) is 25.6. The third-order valence-electron chi connectivity index (χ3n) is 10.6. The molecule has 0 aromatic carbocycles. The zero-order valence-corrected chi connectivity index (χ0v) is 35.1. The molecule has 0 aromatic rings. The average Bonchev–Trinajstić information content (AvgIpc) is 3.15. The van der Waals surface area contributed by atoms with Crippen molar-refractivity contribution in [1.82, 2.24) is 0 Å². The minimum absolute atomic E-state index is 0.0626. The molecule has 0 rings (SSSR count). The second-order valence-corrected chi connectivity index (χ2v) is 15.8. The molecule has 0 aliphatic rings. The maximum absolute atomic E-state index is 12.2. The Bertz CT molecular complexity index is 750. The Morgan fingerprint density at radius 2 is 0.712 bits per heavy atom. The Balaban J connectivity index is 3.46. The normalized spacial score (nSPS) is 12.1. The molecule has 1 atom stereocenters. The summed E-state index contributed by atoms with van der Waals surface area (Å²) in [5, 5.41) is 9.59. The van der Waals surface area contributed by atoms with E-state index in [2.05, 4.69) is 26.0 Å². The number of hydrogen-bond acceptors (Lipinski definition) is 5. The van der Waals surface area contributed by atoms with Crippen molar-refractivity contribution in [3.63, 3.8) is 0 Å². The smallest absolute Gasteiger partial charge is 0.306 e. The van der Waals surface area contributed by atoms with E-state index >= 15 is 0 Å². The molecule has 0 aliphatic heterocycles. The van der Waals surface area contributed by atoms with Gasteiger partial charge < -0.3 is 14.6 Å². The second kappa shape index (κ2) is 44.0. The standard InChI is InChI=1S/C47H90O5/c1-3-5-7-9-11-13-15-17-19-21-22-23-24-25-26-28-29-31-33-35-37-39-41-46(49)51-44-45(43-48)52-47(50)42-40-38-36-34-32-30-27-20-18-16-14-12-10-8-6-4-2/h20,27,45,48H,3-19,21-26,28-44H2,1-2H3/b27-20-. The van der Waals surface area contributed by atoms with Crippen molar-refractivity contribution in [2.24, 2.45) is 0 Å². The van der Waals surface area contributed by atoms with E-state index in [0.717, 1.165) is 38.5 Å². The quantitative estimate of drug-likeness (QED) is 0.0383. The molecule has 0 amide bonds. The molecule has 0 heterocycles. The molecule has 5 nitrogen and oxygen atoms in total. The maximum Gasteiger partial charge on any atom is 0.306 e. The van der Waals surface area contributed by atoms with Crippen molar-refractivity contribution in [3.05, 3.63) is 12.2 Å². The topological polar surface area (TPSA) is 72.8 Å². The second-order valence-electron chi connectivity index (χ2n) is 15.8. The first-order valence-corrected chi connectivity index (χ1v) is 23.2. The number of aliphatic hydroxyl groups excluding tert-OH is 1. The number of esters is 2. The molecule has 0 spiro atoms. The van der Waals surface area contributed by atoms with E-state index in [1.165, 1.54) is 193 Å². The molecule has 0 saturated heterocycles. The summed E-state index contributed by atoms with van der Waals surface area (Å²) in [6.07, 6.45) is 51.5. The van der Waals surface area contributed by atoms with Gasteiger partial charge in [-0.2, -0.15) is 0 Å². The molecule has 0 radical (unpaired) electrons. The third-order valence-corrected chi connectivity index (χ3v) is 10.6. The number of carbonyl (C=O) groups excluding carboxylic acids is 2. The minimum atomic E-state index is -0.770. The molecule has 0 aliphatic carbocycles. The van der Waals surface area contributed by atoms with E-state index in [1.54, 1.807) is 0 Å². The summed E-state index contributed by atoms with van der Waals surface area (Å²) in [4.78, 5) is 24.3. The van der Waals surface area contributed by atoms with Crippen LogP contribution in [0.5, 0.6) is 0 Å². The molecule has 0 saturated carbocycles. The lowest BCUT2D eigenvalue weighted by molar-refractivity contribution is -0.161. The molecule has 1 N–H and O–H groups in total. The number of aliphatic hydroxyl groups is 1. The Labute approximate surface area is 324 Å². The third kappa shape index (κ3) is 41.4. The van der Waals surface area contributed by atoms with Crippen LogP contribution in [0.2, 0.25) is 0 Å². The van der Waals surface area contributed by atoms with Crippen LogP contribution in [-0.2, 0) is 19.1 Å². The van der Waals surface area contributed by atoms with Gasteiger partial charge >= 0.3 is 11.9 Å². The van der Waals surface area contributed by atoms with Gasteiger partial charge in [-0.3, -0.25) is 9.59 Å². The van der Waals surface area contributed by atoms with Gasteiger partial charge in [-0.05, 0) is 38.5 Å². The molecule has 0 fully saturated rings. The van der Waals surface area contributed by atoms with Gasteiger partial charge in [0.2, 0.25) is 0 Å². The highest BCUT2D eigenvalue weighted by Gasteiger charge is 2.16. The van der Waals surface area contributed by atoms with Crippen LogP contribution in [0.15, 0.2) is 12.2 Å². The monoisotopic (exact) mass is 735 g/mol. The van der Waals surface area contributed by atoms with Crippen LogP contribution >= 0.6 is 0 Å².